The van der Waals surface area contributed by atoms with Gasteiger partial charge in [0.1, 0.15) is 5.75 Å². The maximum atomic E-state index is 12.4. The molecule has 5 heteroatoms. The number of benzene rings is 2. The molecule has 0 spiro atoms. The summed E-state index contributed by atoms with van der Waals surface area (Å²) in [5.74, 6) is 0.855. The summed E-state index contributed by atoms with van der Waals surface area (Å²) in [7, 11) is 1.68. The fourth-order valence-electron chi connectivity index (χ4n) is 3.00. The minimum absolute atomic E-state index is 0.0328. The molecule has 2 aromatic rings. The molecular weight excluding hydrogens is 314 g/mol. The summed E-state index contributed by atoms with van der Waals surface area (Å²) in [5, 5.41) is 2.98. The molecule has 0 radical (unpaired) electrons. The predicted octanol–water partition coefficient (Wildman–Crippen LogP) is 3.61. The van der Waals surface area contributed by atoms with Crippen molar-refractivity contribution in [3.8, 4) is 5.75 Å². The standard InChI is InChI=1S/C20H25N3O2/c1-3-16-7-9-17(10-8-16)21-20(24)23-13-11-22(12-14-23)18-5-4-6-19(15-18)25-2/h4-10,15H,3,11-14H2,1-2H3,(H,21,24). The Morgan fingerprint density at radius 1 is 1.08 bits per heavy atom. The average molecular weight is 339 g/mol. The van der Waals surface area contributed by atoms with Crippen molar-refractivity contribution in [1.82, 2.24) is 4.90 Å². The van der Waals surface area contributed by atoms with Crippen LogP contribution in [0, 0.1) is 0 Å². The van der Waals surface area contributed by atoms with Crippen molar-refractivity contribution in [1.29, 1.82) is 0 Å². The van der Waals surface area contributed by atoms with E-state index >= 15 is 0 Å². The molecule has 2 aromatic carbocycles. The fourth-order valence-corrected chi connectivity index (χ4v) is 3.00. The van der Waals surface area contributed by atoms with E-state index in [0.29, 0.717) is 13.1 Å². The van der Waals surface area contributed by atoms with Gasteiger partial charge in [-0.1, -0.05) is 25.1 Å². The van der Waals surface area contributed by atoms with Crippen molar-refractivity contribution < 1.29 is 9.53 Å². The van der Waals surface area contributed by atoms with Gasteiger partial charge in [-0.25, -0.2) is 4.79 Å². The molecule has 1 aliphatic rings. The number of amides is 2. The number of urea groups is 1. The van der Waals surface area contributed by atoms with Gasteiger partial charge in [0.05, 0.1) is 7.11 Å². The molecule has 1 saturated heterocycles. The van der Waals surface area contributed by atoms with Crippen LogP contribution in [-0.4, -0.2) is 44.2 Å². The van der Waals surface area contributed by atoms with E-state index in [-0.39, 0.29) is 6.03 Å². The summed E-state index contributed by atoms with van der Waals surface area (Å²) in [6.45, 7) is 5.16. The van der Waals surface area contributed by atoms with E-state index in [1.807, 2.05) is 35.2 Å². The number of rotatable bonds is 4. The highest BCUT2D eigenvalue weighted by atomic mass is 16.5. The smallest absolute Gasteiger partial charge is 0.321 e. The quantitative estimate of drug-likeness (QED) is 0.925. The molecule has 0 unspecified atom stereocenters. The molecule has 1 fully saturated rings. The highest BCUT2D eigenvalue weighted by Gasteiger charge is 2.21. The number of piperazine rings is 1. The highest BCUT2D eigenvalue weighted by molar-refractivity contribution is 5.89. The molecule has 1 N–H and O–H groups in total. The second kappa shape index (κ2) is 7.92. The number of hydrogen-bond donors (Lipinski definition) is 1. The van der Waals surface area contributed by atoms with Crippen LogP contribution in [0.15, 0.2) is 48.5 Å². The maximum Gasteiger partial charge on any atom is 0.321 e. The second-order valence-corrected chi connectivity index (χ2v) is 6.16. The number of carbonyl (C=O) groups is 1. The Hall–Kier alpha value is -2.69. The number of hydrogen-bond acceptors (Lipinski definition) is 3. The minimum atomic E-state index is -0.0328. The number of ether oxygens (including phenoxy) is 1. The molecule has 1 heterocycles. The zero-order valence-electron chi connectivity index (χ0n) is 14.9. The Balaban J connectivity index is 1.54. The first-order valence-electron chi connectivity index (χ1n) is 8.73. The molecule has 0 aliphatic carbocycles. The van der Waals surface area contributed by atoms with Crippen molar-refractivity contribution >= 4 is 17.4 Å². The molecule has 0 bridgehead atoms. The third-order valence-corrected chi connectivity index (χ3v) is 4.60. The Kier molecular flexibility index (Phi) is 5.43. The van der Waals surface area contributed by atoms with Gasteiger partial charge in [0, 0.05) is 43.6 Å². The molecule has 1 aliphatic heterocycles. The predicted molar refractivity (Wildman–Crippen MR) is 102 cm³/mol. The van der Waals surface area contributed by atoms with Gasteiger partial charge in [0.2, 0.25) is 0 Å². The summed E-state index contributed by atoms with van der Waals surface area (Å²) in [5.41, 5.74) is 3.25. The van der Waals surface area contributed by atoms with Crippen molar-refractivity contribution in [3.63, 3.8) is 0 Å². The van der Waals surface area contributed by atoms with E-state index in [9.17, 15) is 4.79 Å². The van der Waals surface area contributed by atoms with Crippen molar-refractivity contribution in [2.45, 2.75) is 13.3 Å². The number of methoxy groups -OCH3 is 1. The molecule has 25 heavy (non-hydrogen) atoms. The third-order valence-electron chi connectivity index (χ3n) is 4.60. The van der Waals surface area contributed by atoms with Crippen molar-refractivity contribution in [3.05, 3.63) is 54.1 Å². The van der Waals surface area contributed by atoms with Crippen LogP contribution >= 0.6 is 0 Å². The topological polar surface area (TPSA) is 44.8 Å². The molecule has 5 nitrogen and oxygen atoms in total. The van der Waals surface area contributed by atoms with Crippen molar-refractivity contribution in [2.75, 3.05) is 43.5 Å². The SMILES string of the molecule is CCc1ccc(NC(=O)N2CCN(c3cccc(OC)c3)CC2)cc1. The van der Waals surface area contributed by atoms with E-state index in [2.05, 4.69) is 35.3 Å². The summed E-state index contributed by atoms with van der Waals surface area (Å²) < 4.78 is 5.29. The third kappa shape index (κ3) is 4.24. The Morgan fingerprint density at radius 2 is 1.80 bits per heavy atom. The fraction of sp³-hybridized carbons (Fsp3) is 0.350. The number of nitrogens with zero attached hydrogens (tertiary/aromatic N) is 2. The summed E-state index contributed by atoms with van der Waals surface area (Å²) in [4.78, 5) is 16.6. The lowest BCUT2D eigenvalue weighted by Crippen LogP contribution is -2.50. The Labute approximate surface area is 149 Å². The van der Waals surface area contributed by atoms with E-state index in [1.54, 1.807) is 7.11 Å². The monoisotopic (exact) mass is 339 g/mol. The summed E-state index contributed by atoms with van der Waals surface area (Å²) >= 11 is 0. The van der Waals surface area contributed by atoms with Gasteiger partial charge in [-0.15, -0.1) is 0 Å². The first kappa shape index (κ1) is 17.1. The number of aryl methyl sites for hydroxylation is 1. The Morgan fingerprint density at radius 3 is 2.44 bits per heavy atom. The number of carbonyl (C=O) groups excluding carboxylic acids is 1. The second-order valence-electron chi connectivity index (χ2n) is 6.16. The molecule has 0 atom stereocenters. The zero-order valence-corrected chi connectivity index (χ0v) is 14.9. The van der Waals surface area contributed by atoms with Gasteiger partial charge in [-0.3, -0.25) is 0 Å². The molecule has 0 saturated carbocycles. The van der Waals surface area contributed by atoms with Gasteiger partial charge in [0.15, 0.2) is 0 Å². The van der Waals surface area contributed by atoms with Gasteiger partial charge >= 0.3 is 6.03 Å². The van der Waals surface area contributed by atoms with Crippen molar-refractivity contribution in [2.24, 2.45) is 0 Å². The van der Waals surface area contributed by atoms with Crippen LogP contribution in [0.3, 0.4) is 0 Å². The van der Waals surface area contributed by atoms with Gasteiger partial charge in [0.25, 0.3) is 0 Å². The largest absolute Gasteiger partial charge is 0.497 e. The van der Waals surface area contributed by atoms with E-state index in [4.69, 9.17) is 4.74 Å². The van der Waals surface area contributed by atoms with Crippen LogP contribution in [0.4, 0.5) is 16.2 Å². The molecule has 2 amide bonds. The minimum Gasteiger partial charge on any atom is -0.497 e. The van der Waals surface area contributed by atoms with Crippen LogP contribution in [0.1, 0.15) is 12.5 Å². The van der Waals surface area contributed by atoms with Crippen LogP contribution in [0.2, 0.25) is 0 Å². The van der Waals surface area contributed by atoms with Crippen LogP contribution < -0.4 is 15.0 Å². The Bertz CT molecular complexity index is 707. The molecule has 132 valence electrons. The van der Waals surface area contributed by atoms with Crippen LogP contribution in [-0.2, 0) is 6.42 Å². The van der Waals surface area contributed by atoms with Gasteiger partial charge in [-0.05, 0) is 36.2 Å². The number of nitrogens with one attached hydrogen (secondary N) is 1. The lowest BCUT2D eigenvalue weighted by molar-refractivity contribution is 0.208. The number of anilines is 2. The van der Waals surface area contributed by atoms with E-state index in [1.165, 1.54) is 5.56 Å². The lowest BCUT2D eigenvalue weighted by atomic mass is 10.1. The molecule has 3 rings (SSSR count). The highest BCUT2D eigenvalue weighted by Crippen LogP contribution is 2.22. The summed E-state index contributed by atoms with van der Waals surface area (Å²) in [6, 6.07) is 16.0. The maximum absolute atomic E-state index is 12.4. The average Bonchev–Trinajstić information content (AvgIpc) is 2.68. The van der Waals surface area contributed by atoms with Gasteiger partial charge < -0.3 is 19.9 Å². The van der Waals surface area contributed by atoms with Crippen LogP contribution in [0.5, 0.6) is 5.75 Å². The molecular formula is C20H25N3O2. The normalized spacial score (nSPS) is 14.3. The van der Waals surface area contributed by atoms with Crippen LogP contribution in [0.25, 0.3) is 0 Å². The first-order valence-corrected chi connectivity index (χ1v) is 8.73. The van der Waals surface area contributed by atoms with E-state index < -0.39 is 0 Å². The molecule has 0 aromatic heterocycles. The zero-order chi connectivity index (χ0) is 17.6. The van der Waals surface area contributed by atoms with E-state index in [0.717, 1.165) is 36.6 Å². The van der Waals surface area contributed by atoms with Gasteiger partial charge in [-0.2, -0.15) is 0 Å². The first-order chi connectivity index (χ1) is 12.2. The summed E-state index contributed by atoms with van der Waals surface area (Å²) in [6.07, 6.45) is 1.00. The lowest BCUT2D eigenvalue weighted by Gasteiger charge is -2.36.